The molecule has 3 rings (SSSR count). The van der Waals surface area contributed by atoms with Crippen LogP contribution >= 0.6 is 0 Å². The molecule has 1 saturated heterocycles. The fourth-order valence-corrected chi connectivity index (χ4v) is 2.93. The van der Waals surface area contributed by atoms with Crippen LogP contribution in [0, 0.1) is 0 Å². The Kier molecular flexibility index (Phi) is 4.55. The van der Waals surface area contributed by atoms with E-state index < -0.39 is 0 Å². The molecule has 120 valence electrons. The maximum absolute atomic E-state index is 12.9. The maximum Gasteiger partial charge on any atom is 0.273 e. The zero-order chi connectivity index (χ0) is 16.2. The Morgan fingerprint density at radius 3 is 2.78 bits per heavy atom. The Morgan fingerprint density at radius 1 is 1.26 bits per heavy atom. The lowest BCUT2D eigenvalue weighted by Crippen LogP contribution is -2.31. The van der Waals surface area contributed by atoms with Crippen LogP contribution in [-0.2, 0) is 0 Å². The first-order chi connectivity index (χ1) is 11.1. The molecular weight excluding hydrogens is 290 g/mol. The van der Waals surface area contributed by atoms with Gasteiger partial charge >= 0.3 is 0 Å². The molecule has 0 N–H and O–H groups in total. The molecule has 2 aromatic rings. The van der Waals surface area contributed by atoms with Crippen molar-refractivity contribution in [1.82, 2.24) is 14.9 Å². The first kappa shape index (κ1) is 15.5. The van der Waals surface area contributed by atoms with E-state index in [4.69, 9.17) is 4.74 Å². The number of carbonyl (C=O) groups excluding carboxylic acids is 1. The highest BCUT2D eigenvalue weighted by molar-refractivity contribution is 5.93. The van der Waals surface area contributed by atoms with E-state index in [1.54, 1.807) is 24.5 Å². The van der Waals surface area contributed by atoms with Gasteiger partial charge in [-0.2, -0.15) is 0 Å². The molecule has 1 aliphatic rings. The summed E-state index contributed by atoms with van der Waals surface area (Å²) < 4.78 is 5.59. The van der Waals surface area contributed by atoms with E-state index in [2.05, 4.69) is 9.97 Å². The maximum atomic E-state index is 12.9. The number of likely N-dealkylation sites (tertiary alicyclic amines) is 1. The first-order valence-electron chi connectivity index (χ1n) is 8.00. The number of pyridine rings is 2. The molecule has 5 nitrogen and oxygen atoms in total. The van der Waals surface area contributed by atoms with Crippen LogP contribution in [0.4, 0.5) is 0 Å². The molecule has 1 amide bonds. The van der Waals surface area contributed by atoms with Gasteiger partial charge in [0.05, 0.1) is 12.1 Å². The minimum absolute atomic E-state index is 0.0317. The molecule has 0 saturated carbocycles. The van der Waals surface area contributed by atoms with Crippen molar-refractivity contribution in [3.63, 3.8) is 0 Å². The predicted octanol–water partition coefficient (Wildman–Crippen LogP) is 3.24. The fraction of sp³-hybridized carbons (Fsp3) is 0.389. The van der Waals surface area contributed by atoms with Gasteiger partial charge in [0.1, 0.15) is 5.69 Å². The van der Waals surface area contributed by atoms with E-state index in [1.165, 1.54) is 0 Å². The monoisotopic (exact) mass is 311 g/mol. The summed E-state index contributed by atoms with van der Waals surface area (Å²) in [5, 5.41) is 0. The lowest BCUT2D eigenvalue weighted by atomic mass is 10.1. The van der Waals surface area contributed by atoms with Crippen molar-refractivity contribution >= 4 is 5.91 Å². The Labute approximate surface area is 136 Å². The van der Waals surface area contributed by atoms with Crippen LogP contribution in [0.15, 0.2) is 42.7 Å². The molecule has 0 unspecified atom stereocenters. The van der Waals surface area contributed by atoms with Crippen LogP contribution in [0.3, 0.4) is 0 Å². The molecule has 0 aliphatic carbocycles. The van der Waals surface area contributed by atoms with Crippen molar-refractivity contribution in [3.8, 4) is 5.88 Å². The van der Waals surface area contributed by atoms with Crippen molar-refractivity contribution < 1.29 is 9.53 Å². The van der Waals surface area contributed by atoms with E-state index in [0.717, 1.165) is 24.9 Å². The SMILES string of the molecule is CC(C)Oc1cccc(C(=O)N2CCC[C@@H]2c2ccncc2)n1. The number of aromatic nitrogens is 2. The lowest BCUT2D eigenvalue weighted by Gasteiger charge is -2.24. The third kappa shape index (κ3) is 3.50. The summed E-state index contributed by atoms with van der Waals surface area (Å²) in [4.78, 5) is 23.2. The Balaban J connectivity index is 1.82. The van der Waals surface area contributed by atoms with E-state index in [9.17, 15) is 4.79 Å². The molecule has 1 atom stereocenters. The zero-order valence-corrected chi connectivity index (χ0v) is 13.5. The summed E-state index contributed by atoms with van der Waals surface area (Å²) >= 11 is 0. The van der Waals surface area contributed by atoms with Crippen LogP contribution in [0.5, 0.6) is 5.88 Å². The smallest absolute Gasteiger partial charge is 0.273 e. The molecular formula is C18H21N3O2. The van der Waals surface area contributed by atoms with Crippen LogP contribution in [0.25, 0.3) is 0 Å². The van der Waals surface area contributed by atoms with Gasteiger partial charge in [-0.3, -0.25) is 9.78 Å². The second-order valence-corrected chi connectivity index (χ2v) is 5.96. The summed E-state index contributed by atoms with van der Waals surface area (Å²) in [7, 11) is 0. The zero-order valence-electron chi connectivity index (χ0n) is 13.5. The molecule has 1 aliphatic heterocycles. The quantitative estimate of drug-likeness (QED) is 0.870. The Bertz CT molecular complexity index is 673. The Morgan fingerprint density at radius 2 is 2.04 bits per heavy atom. The third-order valence-corrected chi connectivity index (χ3v) is 3.90. The molecule has 0 bridgehead atoms. The summed E-state index contributed by atoms with van der Waals surface area (Å²) in [6.45, 7) is 4.63. The number of nitrogens with zero attached hydrogens (tertiary/aromatic N) is 3. The van der Waals surface area contributed by atoms with Crippen molar-refractivity contribution in [2.24, 2.45) is 0 Å². The predicted molar refractivity (Wildman–Crippen MR) is 87.2 cm³/mol. The summed E-state index contributed by atoms with van der Waals surface area (Å²) in [5.41, 5.74) is 1.56. The molecule has 3 heterocycles. The standard InChI is InChI=1S/C18H21N3O2/c1-13(2)23-17-7-3-5-15(20-17)18(22)21-12-4-6-16(21)14-8-10-19-11-9-14/h3,5,7-11,13,16H,4,6,12H2,1-2H3/t16-/m1/s1. The van der Waals surface area contributed by atoms with Crippen LogP contribution < -0.4 is 4.74 Å². The molecule has 0 spiro atoms. The number of carbonyl (C=O) groups is 1. The highest BCUT2D eigenvalue weighted by Crippen LogP contribution is 2.32. The summed E-state index contributed by atoms with van der Waals surface area (Å²) in [6.07, 6.45) is 5.54. The number of amides is 1. The normalized spacial score (nSPS) is 17.5. The topological polar surface area (TPSA) is 55.3 Å². The van der Waals surface area contributed by atoms with Crippen molar-refractivity contribution in [1.29, 1.82) is 0 Å². The van der Waals surface area contributed by atoms with E-state index in [0.29, 0.717) is 11.6 Å². The average Bonchev–Trinajstić information content (AvgIpc) is 3.04. The minimum atomic E-state index is -0.0430. The molecule has 1 fully saturated rings. The molecule has 2 aromatic heterocycles. The van der Waals surface area contributed by atoms with Gasteiger partial charge in [-0.1, -0.05) is 6.07 Å². The highest BCUT2D eigenvalue weighted by Gasteiger charge is 2.31. The van der Waals surface area contributed by atoms with E-state index >= 15 is 0 Å². The van der Waals surface area contributed by atoms with Crippen LogP contribution in [0.1, 0.15) is 48.8 Å². The number of hydrogen-bond acceptors (Lipinski definition) is 4. The molecule has 0 aromatic carbocycles. The second-order valence-electron chi connectivity index (χ2n) is 5.96. The van der Waals surface area contributed by atoms with E-state index in [-0.39, 0.29) is 18.1 Å². The van der Waals surface area contributed by atoms with Crippen LogP contribution in [0.2, 0.25) is 0 Å². The molecule has 5 heteroatoms. The fourth-order valence-electron chi connectivity index (χ4n) is 2.93. The molecule has 23 heavy (non-hydrogen) atoms. The number of rotatable bonds is 4. The van der Waals surface area contributed by atoms with Crippen molar-refractivity contribution in [2.75, 3.05) is 6.54 Å². The van der Waals surface area contributed by atoms with Gasteiger partial charge in [-0.05, 0) is 50.5 Å². The number of ether oxygens (including phenoxy) is 1. The summed E-state index contributed by atoms with van der Waals surface area (Å²) in [5.74, 6) is 0.448. The van der Waals surface area contributed by atoms with Gasteiger partial charge in [-0.15, -0.1) is 0 Å². The Hall–Kier alpha value is -2.43. The minimum Gasteiger partial charge on any atom is -0.475 e. The average molecular weight is 311 g/mol. The third-order valence-electron chi connectivity index (χ3n) is 3.90. The number of hydrogen-bond donors (Lipinski definition) is 0. The van der Waals surface area contributed by atoms with Crippen molar-refractivity contribution in [2.45, 2.75) is 38.8 Å². The van der Waals surface area contributed by atoms with Crippen molar-refractivity contribution in [3.05, 3.63) is 54.0 Å². The van der Waals surface area contributed by atoms with Crippen LogP contribution in [-0.4, -0.2) is 33.4 Å². The van der Waals surface area contributed by atoms with Gasteiger partial charge in [0.25, 0.3) is 5.91 Å². The highest BCUT2D eigenvalue weighted by atomic mass is 16.5. The van der Waals surface area contributed by atoms with Gasteiger partial charge in [-0.25, -0.2) is 4.98 Å². The second kappa shape index (κ2) is 6.77. The van der Waals surface area contributed by atoms with Gasteiger partial charge in [0.2, 0.25) is 5.88 Å². The molecule has 0 radical (unpaired) electrons. The first-order valence-corrected chi connectivity index (χ1v) is 8.00. The van der Waals surface area contributed by atoms with Gasteiger partial charge < -0.3 is 9.64 Å². The largest absolute Gasteiger partial charge is 0.475 e. The van der Waals surface area contributed by atoms with E-state index in [1.807, 2.05) is 36.9 Å². The summed E-state index contributed by atoms with van der Waals surface area (Å²) in [6, 6.07) is 9.39. The lowest BCUT2D eigenvalue weighted by molar-refractivity contribution is 0.0727. The van der Waals surface area contributed by atoms with Gasteiger partial charge in [0, 0.05) is 25.0 Å². The van der Waals surface area contributed by atoms with Gasteiger partial charge in [0.15, 0.2) is 0 Å².